The van der Waals surface area contributed by atoms with Crippen LogP contribution < -0.4 is 5.32 Å². The molecule has 2 aromatic rings. The zero-order valence-corrected chi connectivity index (χ0v) is 12.7. The van der Waals surface area contributed by atoms with Gasteiger partial charge < -0.3 is 10.4 Å². The van der Waals surface area contributed by atoms with Crippen LogP contribution in [0.3, 0.4) is 0 Å². The third-order valence-electron chi connectivity index (χ3n) is 4.91. The maximum absolute atomic E-state index is 13.1. The normalized spacial score (nSPS) is 27.5. The third-order valence-corrected chi connectivity index (χ3v) is 4.91. The van der Waals surface area contributed by atoms with E-state index in [9.17, 15) is 9.90 Å². The highest BCUT2D eigenvalue weighted by Gasteiger charge is 2.52. The van der Waals surface area contributed by atoms with E-state index in [0.717, 1.165) is 11.3 Å². The van der Waals surface area contributed by atoms with Gasteiger partial charge in [-0.3, -0.25) is 4.79 Å². The van der Waals surface area contributed by atoms with Gasteiger partial charge >= 0.3 is 0 Å². The summed E-state index contributed by atoms with van der Waals surface area (Å²) in [6.45, 7) is 1.97. The minimum atomic E-state index is -0.670. The van der Waals surface area contributed by atoms with Gasteiger partial charge in [-0.2, -0.15) is 0 Å². The van der Waals surface area contributed by atoms with Crippen LogP contribution in [0.4, 0.5) is 5.69 Å². The van der Waals surface area contributed by atoms with Crippen LogP contribution in [0.25, 0.3) is 0 Å². The summed E-state index contributed by atoms with van der Waals surface area (Å²) in [6, 6.07) is 19.3. The number of aliphatic hydroxyl groups excluding tert-OH is 1. The number of carbonyl (C=O) groups excluding carboxylic acids is 1. The lowest BCUT2D eigenvalue weighted by atomic mass is 9.71. The molecule has 0 heterocycles. The minimum Gasteiger partial charge on any atom is -0.393 e. The molecule has 0 saturated heterocycles. The average molecular weight is 295 g/mol. The van der Waals surface area contributed by atoms with E-state index in [0.29, 0.717) is 12.8 Å². The topological polar surface area (TPSA) is 49.3 Å². The van der Waals surface area contributed by atoms with E-state index in [4.69, 9.17) is 0 Å². The predicted molar refractivity (Wildman–Crippen MR) is 87.6 cm³/mol. The predicted octanol–water partition coefficient (Wildman–Crippen LogP) is 3.35. The Morgan fingerprint density at radius 3 is 2.23 bits per heavy atom. The molecule has 2 N–H and O–H groups in total. The smallest absolute Gasteiger partial charge is 0.235 e. The molecule has 0 bridgehead atoms. The maximum atomic E-state index is 13.1. The molecular weight excluding hydrogens is 274 g/mol. The van der Waals surface area contributed by atoms with Crippen LogP contribution in [0.15, 0.2) is 60.7 Å². The lowest BCUT2D eigenvalue weighted by molar-refractivity contribution is -0.123. The number of hydrogen-bond donors (Lipinski definition) is 2. The second-order valence-corrected chi connectivity index (χ2v) is 6.05. The molecule has 3 rings (SSSR count). The molecule has 22 heavy (non-hydrogen) atoms. The lowest BCUT2D eigenvalue weighted by Crippen LogP contribution is -2.44. The zero-order chi connectivity index (χ0) is 15.6. The molecule has 0 radical (unpaired) electrons. The van der Waals surface area contributed by atoms with Gasteiger partial charge in [-0.1, -0.05) is 55.5 Å². The molecule has 0 aromatic heterocycles. The number of aliphatic hydroxyl groups is 1. The van der Waals surface area contributed by atoms with Gasteiger partial charge in [0.15, 0.2) is 0 Å². The van der Waals surface area contributed by atoms with Gasteiger partial charge in [-0.15, -0.1) is 0 Å². The number of hydrogen-bond acceptors (Lipinski definition) is 2. The first-order valence-corrected chi connectivity index (χ1v) is 7.74. The van der Waals surface area contributed by atoms with Crippen molar-refractivity contribution in [2.24, 2.45) is 5.92 Å². The molecular formula is C19H21NO2. The number of anilines is 1. The standard InChI is InChI=1S/C19H21NO2/c1-14-17(21)12-13-19(14,15-8-4-2-5-9-15)18(22)20-16-10-6-3-7-11-16/h2-11,14,17,21H,12-13H2,1H3,(H,20,22). The second kappa shape index (κ2) is 5.93. The number of para-hydroxylation sites is 1. The van der Waals surface area contributed by atoms with Crippen molar-refractivity contribution in [1.29, 1.82) is 0 Å². The van der Waals surface area contributed by atoms with Crippen LogP contribution in [0.2, 0.25) is 0 Å². The Balaban J connectivity index is 1.98. The van der Waals surface area contributed by atoms with Crippen molar-refractivity contribution in [2.75, 3.05) is 5.32 Å². The SMILES string of the molecule is CC1C(O)CCC1(C(=O)Nc1ccccc1)c1ccccc1. The minimum absolute atomic E-state index is 0.0334. The molecule has 3 unspecified atom stereocenters. The fourth-order valence-corrected chi connectivity index (χ4v) is 3.54. The fraction of sp³-hybridized carbons (Fsp3) is 0.316. The Morgan fingerprint density at radius 2 is 1.68 bits per heavy atom. The van der Waals surface area contributed by atoms with E-state index in [2.05, 4.69) is 5.32 Å². The first kappa shape index (κ1) is 14.8. The Hall–Kier alpha value is -2.13. The van der Waals surface area contributed by atoms with Crippen molar-refractivity contribution in [3.05, 3.63) is 66.2 Å². The Morgan fingerprint density at radius 1 is 1.09 bits per heavy atom. The summed E-state index contributed by atoms with van der Waals surface area (Å²) in [4.78, 5) is 13.1. The lowest BCUT2D eigenvalue weighted by Gasteiger charge is -2.33. The van der Waals surface area contributed by atoms with Crippen LogP contribution >= 0.6 is 0 Å². The van der Waals surface area contributed by atoms with Crippen molar-refractivity contribution in [1.82, 2.24) is 0 Å². The molecule has 114 valence electrons. The summed E-state index contributed by atoms with van der Waals surface area (Å²) < 4.78 is 0. The Kier molecular flexibility index (Phi) is 3.99. The fourth-order valence-electron chi connectivity index (χ4n) is 3.54. The van der Waals surface area contributed by atoms with Gasteiger partial charge in [0.1, 0.15) is 0 Å². The molecule has 1 amide bonds. The molecule has 1 fully saturated rings. The first-order valence-electron chi connectivity index (χ1n) is 7.74. The van der Waals surface area contributed by atoms with Crippen molar-refractivity contribution < 1.29 is 9.90 Å². The number of rotatable bonds is 3. The summed E-state index contributed by atoms with van der Waals surface area (Å²) >= 11 is 0. The third kappa shape index (κ3) is 2.42. The molecule has 0 spiro atoms. The summed E-state index contributed by atoms with van der Waals surface area (Å²) in [5.41, 5.74) is 1.10. The van der Waals surface area contributed by atoms with Gasteiger partial charge in [0.05, 0.1) is 11.5 Å². The van der Waals surface area contributed by atoms with E-state index >= 15 is 0 Å². The first-order chi connectivity index (χ1) is 10.6. The van der Waals surface area contributed by atoms with Gasteiger partial charge in [0.25, 0.3) is 0 Å². The summed E-state index contributed by atoms with van der Waals surface area (Å²) in [5.74, 6) is -0.146. The summed E-state index contributed by atoms with van der Waals surface area (Å²) in [6.07, 6.45) is 0.873. The van der Waals surface area contributed by atoms with E-state index in [1.54, 1.807) is 0 Å². The molecule has 1 aliphatic carbocycles. The maximum Gasteiger partial charge on any atom is 0.235 e. The van der Waals surface area contributed by atoms with Gasteiger partial charge in [-0.05, 0) is 30.5 Å². The van der Waals surface area contributed by atoms with Gasteiger partial charge in [-0.25, -0.2) is 0 Å². The Bertz CT molecular complexity index is 641. The highest BCUT2D eigenvalue weighted by molar-refractivity contribution is 5.99. The summed E-state index contributed by atoms with van der Waals surface area (Å²) in [5, 5.41) is 13.3. The Labute approximate surface area is 131 Å². The molecule has 3 atom stereocenters. The molecule has 2 aromatic carbocycles. The number of benzene rings is 2. The highest BCUT2D eigenvalue weighted by atomic mass is 16.3. The van der Waals surface area contributed by atoms with Crippen molar-refractivity contribution >= 4 is 11.6 Å². The largest absolute Gasteiger partial charge is 0.393 e. The zero-order valence-electron chi connectivity index (χ0n) is 12.7. The van der Waals surface area contributed by atoms with Crippen molar-refractivity contribution in [3.63, 3.8) is 0 Å². The molecule has 3 nitrogen and oxygen atoms in total. The molecule has 3 heteroatoms. The highest BCUT2D eigenvalue weighted by Crippen LogP contribution is 2.46. The van der Waals surface area contributed by atoms with Crippen molar-refractivity contribution in [3.8, 4) is 0 Å². The molecule has 1 aliphatic rings. The van der Waals surface area contributed by atoms with E-state index in [-0.39, 0.29) is 11.8 Å². The van der Waals surface area contributed by atoms with Crippen LogP contribution in [0.1, 0.15) is 25.3 Å². The van der Waals surface area contributed by atoms with Crippen LogP contribution in [-0.2, 0) is 10.2 Å². The van der Waals surface area contributed by atoms with Gasteiger partial charge in [0.2, 0.25) is 5.91 Å². The number of carbonyl (C=O) groups is 1. The van der Waals surface area contributed by atoms with Gasteiger partial charge in [0, 0.05) is 11.6 Å². The van der Waals surface area contributed by atoms with E-state index < -0.39 is 11.5 Å². The van der Waals surface area contributed by atoms with E-state index in [1.165, 1.54) is 0 Å². The molecule has 0 aliphatic heterocycles. The quantitative estimate of drug-likeness (QED) is 0.912. The average Bonchev–Trinajstić information content (AvgIpc) is 2.86. The molecule has 1 saturated carbocycles. The number of amides is 1. The second-order valence-electron chi connectivity index (χ2n) is 6.05. The summed E-state index contributed by atoms with van der Waals surface area (Å²) in [7, 11) is 0. The monoisotopic (exact) mass is 295 g/mol. The van der Waals surface area contributed by atoms with E-state index in [1.807, 2.05) is 67.6 Å². The number of nitrogens with one attached hydrogen (secondary N) is 1. The van der Waals surface area contributed by atoms with Crippen molar-refractivity contribution in [2.45, 2.75) is 31.3 Å². The van der Waals surface area contributed by atoms with Crippen LogP contribution in [-0.4, -0.2) is 17.1 Å². The van der Waals surface area contributed by atoms with Crippen LogP contribution in [0, 0.1) is 5.92 Å². The van der Waals surface area contributed by atoms with Crippen LogP contribution in [0.5, 0.6) is 0 Å².